The molecule has 14 heavy (non-hydrogen) atoms. The average Bonchev–Trinajstić information content (AvgIpc) is 2.19. The number of carbonyl (C=O) groups is 2. The van der Waals surface area contributed by atoms with Crippen molar-refractivity contribution in [3.8, 4) is 0 Å². The molecule has 0 fully saturated rings. The molecule has 0 aliphatic heterocycles. The zero-order valence-corrected chi connectivity index (χ0v) is 7.47. The molecule has 1 atom stereocenters. The van der Waals surface area contributed by atoms with Crippen LogP contribution >= 0.6 is 0 Å². The van der Waals surface area contributed by atoms with Gasteiger partial charge in [-0.25, -0.2) is 0 Å². The highest BCUT2D eigenvalue weighted by Gasteiger charge is 2.14. The number of carboxylic acid groups (broad SMARTS) is 1. The van der Waals surface area contributed by atoms with Crippen molar-refractivity contribution in [2.75, 3.05) is 0 Å². The third-order valence-electron chi connectivity index (χ3n) is 1.56. The van der Waals surface area contributed by atoms with Crippen LogP contribution in [0.5, 0.6) is 0 Å². The molecule has 1 rings (SSSR count). The summed E-state index contributed by atoms with van der Waals surface area (Å²) in [7, 11) is 0. The first-order valence-corrected chi connectivity index (χ1v) is 3.91. The zero-order chi connectivity index (χ0) is 10.6. The van der Waals surface area contributed by atoms with E-state index < -0.39 is 17.9 Å². The van der Waals surface area contributed by atoms with Crippen molar-refractivity contribution in [2.24, 2.45) is 0 Å². The lowest BCUT2D eigenvalue weighted by Gasteiger charge is -2.07. The van der Waals surface area contributed by atoms with Crippen LogP contribution in [0.1, 0.15) is 17.3 Å². The molecule has 0 bridgehead atoms. The summed E-state index contributed by atoms with van der Waals surface area (Å²) >= 11 is 0. The van der Waals surface area contributed by atoms with Crippen molar-refractivity contribution in [3.63, 3.8) is 0 Å². The van der Waals surface area contributed by atoms with Gasteiger partial charge in [0.25, 0.3) is 5.91 Å². The molecule has 1 aromatic heterocycles. The quantitative estimate of drug-likeness (QED) is 0.689. The van der Waals surface area contributed by atoms with Gasteiger partial charge in [0.15, 0.2) is 0 Å². The predicted molar refractivity (Wildman–Crippen MR) is 46.6 cm³/mol. The van der Waals surface area contributed by atoms with E-state index in [1.54, 1.807) is 0 Å². The molecule has 6 nitrogen and oxygen atoms in total. The molecule has 0 unspecified atom stereocenters. The van der Waals surface area contributed by atoms with Gasteiger partial charge < -0.3 is 10.4 Å². The van der Waals surface area contributed by atoms with Gasteiger partial charge in [-0.3, -0.25) is 9.59 Å². The van der Waals surface area contributed by atoms with Gasteiger partial charge in [-0.05, 0) is 13.0 Å². The van der Waals surface area contributed by atoms with Crippen LogP contribution in [0.15, 0.2) is 18.5 Å². The summed E-state index contributed by atoms with van der Waals surface area (Å²) in [5.41, 5.74) is 0.285. The van der Waals surface area contributed by atoms with Crippen LogP contribution in [0.3, 0.4) is 0 Å². The highest BCUT2D eigenvalue weighted by Crippen LogP contribution is 1.94. The SMILES string of the molecule is C[C@@H](NC(=O)c1ccnnc1)C(=O)O. The maximum absolute atomic E-state index is 11.3. The average molecular weight is 195 g/mol. The molecule has 1 aromatic rings. The molecule has 0 saturated carbocycles. The molecule has 1 heterocycles. The summed E-state index contributed by atoms with van der Waals surface area (Å²) in [4.78, 5) is 21.7. The van der Waals surface area contributed by atoms with Gasteiger partial charge in [0.05, 0.1) is 18.0 Å². The molecular formula is C8H9N3O3. The van der Waals surface area contributed by atoms with E-state index in [1.165, 1.54) is 25.4 Å². The van der Waals surface area contributed by atoms with Crippen molar-refractivity contribution >= 4 is 11.9 Å². The number of rotatable bonds is 3. The van der Waals surface area contributed by atoms with Crippen LogP contribution in [0.25, 0.3) is 0 Å². The number of hydrogen-bond acceptors (Lipinski definition) is 4. The number of nitrogens with zero attached hydrogens (tertiary/aromatic N) is 2. The van der Waals surface area contributed by atoms with Gasteiger partial charge in [-0.1, -0.05) is 0 Å². The van der Waals surface area contributed by atoms with E-state index >= 15 is 0 Å². The molecule has 6 heteroatoms. The third-order valence-corrected chi connectivity index (χ3v) is 1.56. The molecule has 0 saturated heterocycles. The maximum Gasteiger partial charge on any atom is 0.325 e. The monoisotopic (exact) mass is 195 g/mol. The van der Waals surface area contributed by atoms with Gasteiger partial charge >= 0.3 is 5.97 Å². The Balaban J connectivity index is 2.64. The Bertz CT molecular complexity index is 339. The van der Waals surface area contributed by atoms with Crippen molar-refractivity contribution < 1.29 is 14.7 Å². The van der Waals surface area contributed by atoms with Crippen molar-refractivity contribution in [1.82, 2.24) is 15.5 Å². The molecule has 0 aliphatic carbocycles. The molecular weight excluding hydrogens is 186 g/mol. The number of nitrogens with one attached hydrogen (secondary N) is 1. The highest BCUT2D eigenvalue weighted by molar-refractivity contribution is 5.96. The van der Waals surface area contributed by atoms with Gasteiger partial charge in [-0.15, -0.1) is 0 Å². The number of hydrogen-bond donors (Lipinski definition) is 2. The Labute approximate surface area is 80.0 Å². The summed E-state index contributed by atoms with van der Waals surface area (Å²) in [5.74, 6) is -1.56. The zero-order valence-electron chi connectivity index (χ0n) is 7.47. The fourth-order valence-corrected chi connectivity index (χ4v) is 0.767. The summed E-state index contributed by atoms with van der Waals surface area (Å²) in [6.07, 6.45) is 2.63. The molecule has 74 valence electrons. The third kappa shape index (κ3) is 2.51. The normalized spacial score (nSPS) is 11.8. The van der Waals surface area contributed by atoms with Gasteiger partial charge in [-0.2, -0.15) is 10.2 Å². The van der Waals surface area contributed by atoms with Crippen molar-refractivity contribution in [3.05, 3.63) is 24.0 Å². The Kier molecular flexibility index (Phi) is 3.11. The fourth-order valence-electron chi connectivity index (χ4n) is 0.767. The van der Waals surface area contributed by atoms with Crippen LogP contribution in [-0.4, -0.2) is 33.2 Å². The van der Waals surface area contributed by atoms with E-state index in [4.69, 9.17) is 5.11 Å². The molecule has 0 radical (unpaired) electrons. The van der Waals surface area contributed by atoms with Gasteiger partial charge in [0.2, 0.25) is 0 Å². The summed E-state index contributed by atoms with van der Waals surface area (Å²) in [5, 5.41) is 17.8. The van der Waals surface area contributed by atoms with E-state index in [0.29, 0.717) is 0 Å². The van der Waals surface area contributed by atoms with Crippen molar-refractivity contribution in [1.29, 1.82) is 0 Å². The Morgan fingerprint density at radius 1 is 1.50 bits per heavy atom. The summed E-state index contributed by atoms with van der Waals surface area (Å²) in [6.45, 7) is 1.38. The second-order valence-electron chi connectivity index (χ2n) is 2.66. The van der Waals surface area contributed by atoms with Crippen LogP contribution in [-0.2, 0) is 4.79 Å². The first kappa shape index (κ1) is 10.1. The number of carbonyl (C=O) groups excluding carboxylic acids is 1. The largest absolute Gasteiger partial charge is 0.480 e. The van der Waals surface area contributed by atoms with Crippen LogP contribution in [0.4, 0.5) is 0 Å². The number of carboxylic acids is 1. The topological polar surface area (TPSA) is 92.2 Å². The summed E-state index contributed by atoms with van der Waals surface area (Å²) < 4.78 is 0. The lowest BCUT2D eigenvalue weighted by Crippen LogP contribution is -2.38. The van der Waals surface area contributed by atoms with Crippen LogP contribution < -0.4 is 5.32 Å². The molecule has 0 aliphatic rings. The lowest BCUT2D eigenvalue weighted by atomic mass is 10.2. The van der Waals surface area contributed by atoms with Gasteiger partial charge in [0.1, 0.15) is 6.04 Å². The second-order valence-corrected chi connectivity index (χ2v) is 2.66. The number of amides is 1. The predicted octanol–water partition coefficient (Wildman–Crippen LogP) is -0.320. The van der Waals surface area contributed by atoms with E-state index in [2.05, 4.69) is 15.5 Å². The molecule has 1 amide bonds. The smallest absolute Gasteiger partial charge is 0.325 e. The first-order chi connectivity index (χ1) is 6.61. The highest BCUT2D eigenvalue weighted by atomic mass is 16.4. The first-order valence-electron chi connectivity index (χ1n) is 3.91. The fraction of sp³-hybridized carbons (Fsp3) is 0.250. The standard InChI is InChI=1S/C8H9N3O3/c1-5(8(13)14)11-7(12)6-2-3-9-10-4-6/h2-5H,1H3,(H,11,12)(H,13,14)/t5-/m1/s1. The minimum Gasteiger partial charge on any atom is -0.480 e. The molecule has 2 N–H and O–H groups in total. The second kappa shape index (κ2) is 4.31. The van der Waals surface area contributed by atoms with E-state index in [1.807, 2.05) is 0 Å². The minimum atomic E-state index is -1.08. The van der Waals surface area contributed by atoms with E-state index in [-0.39, 0.29) is 5.56 Å². The lowest BCUT2D eigenvalue weighted by molar-refractivity contribution is -0.138. The summed E-state index contributed by atoms with van der Waals surface area (Å²) in [6, 6.07) is 0.535. The Hall–Kier alpha value is -1.98. The Morgan fingerprint density at radius 2 is 2.21 bits per heavy atom. The van der Waals surface area contributed by atoms with Crippen LogP contribution in [0, 0.1) is 0 Å². The number of aliphatic carboxylic acids is 1. The maximum atomic E-state index is 11.3. The van der Waals surface area contributed by atoms with E-state index in [9.17, 15) is 9.59 Å². The van der Waals surface area contributed by atoms with Crippen LogP contribution in [0.2, 0.25) is 0 Å². The van der Waals surface area contributed by atoms with Crippen molar-refractivity contribution in [2.45, 2.75) is 13.0 Å². The van der Waals surface area contributed by atoms with Gasteiger partial charge in [0, 0.05) is 0 Å². The Morgan fingerprint density at radius 3 is 2.71 bits per heavy atom. The number of aromatic nitrogens is 2. The molecule has 0 aromatic carbocycles. The molecule has 0 spiro atoms. The minimum absolute atomic E-state index is 0.285. The van der Waals surface area contributed by atoms with E-state index in [0.717, 1.165) is 0 Å².